The number of hydrogen-bond donors (Lipinski definition) is 2. The summed E-state index contributed by atoms with van der Waals surface area (Å²) in [5.74, 6) is -0.806. The van der Waals surface area contributed by atoms with E-state index in [9.17, 15) is 14.0 Å². The van der Waals surface area contributed by atoms with E-state index in [0.29, 0.717) is 28.2 Å². The van der Waals surface area contributed by atoms with Crippen molar-refractivity contribution < 1.29 is 28.2 Å². The Morgan fingerprint density at radius 1 is 0.921 bits per heavy atom. The summed E-state index contributed by atoms with van der Waals surface area (Å²) in [6, 6.07) is 16.3. The number of rotatable bonds is 6. The van der Waals surface area contributed by atoms with Gasteiger partial charge in [-0.2, -0.15) is 0 Å². The van der Waals surface area contributed by atoms with E-state index in [1.165, 1.54) is 26.4 Å². The molecule has 8 nitrogen and oxygen atoms in total. The van der Waals surface area contributed by atoms with Crippen molar-refractivity contribution >= 4 is 28.4 Å². The largest absolute Gasteiger partial charge is 0.493 e. The zero-order valence-electron chi connectivity index (χ0n) is 20.9. The van der Waals surface area contributed by atoms with Gasteiger partial charge in [-0.3, -0.25) is 14.6 Å². The van der Waals surface area contributed by atoms with Crippen LogP contribution in [-0.2, 0) is 16.0 Å². The van der Waals surface area contributed by atoms with Crippen molar-refractivity contribution in [2.24, 2.45) is 0 Å². The van der Waals surface area contributed by atoms with Crippen LogP contribution >= 0.6 is 0 Å². The fraction of sp³-hybridized carbons (Fsp3) is 0.207. The Bertz CT molecular complexity index is 1520. The fourth-order valence-electron chi connectivity index (χ4n) is 4.65. The maximum Gasteiger partial charge on any atom is 0.313 e. The second-order valence-corrected chi connectivity index (χ2v) is 8.85. The molecule has 2 N–H and O–H groups in total. The van der Waals surface area contributed by atoms with Gasteiger partial charge < -0.3 is 24.8 Å². The number of carbonyl (C=O) groups is 2. The lowest BCUT2D eigenvalue weighted by Gasteiger charge is -2.26. The molecule has 1 atom stereocenters. The molecule has 0 saturated carbocycles. The average molecular weight is 516 g/mol. The van der Waals surface area contributed by atoms with Crippen LogP contribution in [0.2, 0.25) is 0 Å². The lowest BCUT2D eigenvalue weighted by molar-refractivity contribution is -0.136. The number of carbonyl (C=O) groups excluding carboxylic acids is 2. The molecule has 1 heterocycles. The average Bonchev–Trinajstić information content (AvgIpc) is 2.94. The maximum absolute atomic E-state index is 14.2. The molecule has 38 heavy (non-hydrogen) atoms. The van der Waals surface area contributed by atoms with Gasteiger partial charge in [-0.05, 0) is 54.7 Å². The van der Waals surface area contributed by atoms with E-state index in [4.69, 9.17) is 14.2 Å². The predicted molar refractivity (Wildman–Crippen MR) is 140 cm³/mol. The van der Waals surface area contributed by atoms with Crippen LogP contribution in [-0.4, -0.2) is 31.0 Å². The molecule has 1 aliphatic rings. The normalized spacial score (nSPS) is 14.3. The highest BCUT2D eigenvalue weighted by Gasteiger charge is 2.25. The minimum atomic E-state index is -0.922. The quantitative estimate of drug-likeness (QED) is 0.338. The molecular weight excluding hydrogens is 489 g/mol. The number of halogens is 1. The Morgan fingerprint density at radius 2 is 1.71 bits per heavy atom. The van der Waals surface area contributed by atoms with Crippen LogP contribution in [0.1, 0.15) is 30.0 Å². The van der Waals surface area contributed by atoms with Crippen LogP contribution in [0.4, 0.5) is 10.1 Å². The summed E-state index contributed by atoms with van der Waals surface area (Å²) in [6.45, 7) is 0. The van der Waals surface area contributed by atoms with Crippen molar-refractivity contribution in [2.75, 3.05) is 19.5 Å². The van der Waals surface area contributed by atoms with Crippen LogP contribution < -0.4 is 24.8 Å². The molecule has 3 aromatic carbocycles. The van der Waals surface area contributed by atoms with Gasteiger partial charge in [-0.15, -0.1) is 0 Å². The first-order valence-corrected chi connectivity index (χ1v) is 12.1. The number of anilines is 1. The van der Waals surface area contributed by atoms with E-state index < -0.39 is 17.6 Å². The minimum Gasteiger partial charge on any atom is -0.493 e. The molecule has 194 valence electrons. The topological polar surface area (TPSA) is 98.8 Å². The zero-order chi connectivity index (χ0) is 26.6. The number of aryl methyl sites for hydroxylation is 1. The van der Waals surface area contributed by atoms with Crippen molar-refractivity contribution in [1.82, 2.24) is 10.3 Å². The third-order valence-corrected chi connectivity index (χ3v) is 6.50. The Labute approximate surface area is 218 Å². The summed E-state index contributed by atoms with van der Waals surface area (Å²) in [5, 5.41) is 5.92. The molecule has 0 radical (unpaired) electrons. The second-order valence-electron chi connectivity index (χ2n) is 8.85. The molecule has 1 aromatic heterocycles. The number of aromatic nitrogens is 1. The Kier molecular flexibility index (Phi) is 7.08. The number of nitrogens with one attached hydrogen (secondary N) is 2. The number of ether oxygens (including phenoxy) is 3. The van der Waals surface area contributed by atoms with E-state index >= 15 is 0 Å². The highest BCUT2D eigenvalue weighted by atomic mass is 19.1. The van der Waals surface area contributed by atoms with Gasteiger partial charge in [0.1, 0.15) is 11.6 Å². The molecular formula is C29H26FN3O5. The number of nitrogens with zero attached hydrogens (tertiary/aromatic N) is 1. The summed E-state index contributed by atoms with van der Waals surface area (Å²) in [5.41, 5.74) is 2.76. The van der Waals surface area contributed by atoms with Gasteiger partial charge in [0, 0.05) is 23.7 Å². The molecule has 9 heteroatoms. The number of hydrogen-bond acceptors (Lipinski definition) is 6. The van der Waals surface area contributed by atoms with Gasteiger partial charge in [0.15, 0.2) is 17.2 Å². The zero-order valence-corrected chi connectivity index (χ0v) is 20.9. The lowest BCUT2D eigenvalue weighted by atomic mass is 9.88. The van der Waals surface area contributed by atoms with E-state index in [-0.39, 0.29) is 17.5 Å². The number of methoxy groups -OCH3 is 2. The van der Waals surface area contributed by atoms with Crippen LogP contribution in [0.15, 0.2) is 66.9 Å². The molecule has 5 rings (SSSR count). The number of pyridine rings is 1. The van der Waals surface area contributed by atoms with E-state index in [1.54, 1.807) is 24.4 Å². The number of amides is 2. The van der Waals surface area contributed by atoms with Gasteiger partial charge in [0.05, 0.1) is 31.5 Å². The van der Waals surface area contributed by atoms with Crippen LogP contribution in [0.3, 0.4) is 0 Å². The standard InChI is InChI=1S/C29H26FN3O5/c1-36-26-15-20-22(16-27(26)37-2)31-13-12-24(20)38-25-11-10-18(30)14-23(25)33-29(35)28(34)32-21-9-5-7-17-6-3-4-8-19(17)21/h3-4,6,8,10-16,21H,5,7,9H2,1-2H3,(H,32,34)(H,33,35). The number of fused-ring (bicyclic) bond motifs is 2. The van der Waals surface area contributed by atoms with Crippen molar-refractivity contribution in [3.8, 4) is 23.0 Å². The molecule has 0 spiro atoms. The Hall–Kier alpha value is -4.66. The SMILES string of the molecule is COc1cc2nccc(Oc3ccc(F)cc3NC(=O)C(=O)NC3CCCc4ccccc43)c2cc1OC. The predicted octanol–water partition coefficient (Wildman–Crippen LogP) is 5.32. The summed E-state index contributed by atoms with van der Waals surface area (Å²) >= 11 is 0. The summed E-state index contributed by atoms with van der Waals surface area (Å²) in [6.07, 6.45) is 4.12. The van der Waals surface area contributed by atoms with Gasteiger partial charge in [0.2, 0.25) is 0 Å². The van der Waals surface area contributed by atoms with Crippen molar-refractivity contribution in [1.29, 1.82) is 0 Å². The molecule has 2 amide bonds. The van der Waals surface area contributed by atoms with E-state index in [1.807, 2.05) is 24.3 Å². The first-order chi connectivity index (χ1) is 18.5. The first-order valence-electron chi connectivity index (χ1n) is 12.1. The summed E-state index contributed by atoms with van der Waals surface area (Å²) in [4.78, 5) is 30.0. The molecule has 1 aliphatic carbocycles. The Balaban J connectivity index is 1.38. The molecule has 1 unspecified atom stereocenters. The second kappa shape index (κ2) is 10.8. The highest BCUT2D eigenvalue weighted by Crippen LogP contribution is 2.38. The molecule has 0 fully saturated rings. The van der Waals surface area contributed by atoms with Gasteiger partial charge in [-0.1, -0.05) is 24.3 Å². The molecule has 0 bridgehead atoms. The van der Waals surface area contributed by atoms with E-state index in [0.717, 1.165) is 36.5 Å². The minimum absolute atomic E-state index is 0.0135. The van der Waals surface area contributed by atoms with Crippen molar-refractivity contribution in [3.63, 3.8) is 0 Å². The number of benzene rings is 3. The first kappa shape index (κ1) is 25.0. The van der Waals surface area contributed by atoms with Crippen LogP contribution in [0.5, 0.6) is 23.0 Å². The summed E-state index contributed by atoms with van der Waals surface area (Å²) < 4.78 is 31.0. The van der Waals surface area contributed by atoms with Gasteiger partial charge >= 0.3 is 11.8 Å². The van der Waals surface area contributed by atoms with Crippen LogP contribution in [0, 0.1) is 5.82 Å². The third kappa shape index (κ3) is 5.08. The van der Waals surface area contributed by atoms with Crippen molar-refractivity contribution in [2.45, 2.75) is 25.3 Å². The molecule has 4 aromatic rings. The monoisotopic (exact) mass is 515 g/mol. The smallest absolute Gasteiger partial charge is 0.313 e. The third-order valence-electron chi connectivity index (χ3n) is 6.50. The van der Waals surface area contributed by atoms with Gasteiger partial charge in [0.25, 0.3) is 0 Å². The molecule has 0 aliphatic heterocycles. The highest BCUT2D eigenvalue weighted by molar-refractivity contribution is 6.39. The van der Waals surface area contributed by atoms with Crippen molar-refractivity contribution in [3.05, 3.63) is 83.8 Å². The molecule has 0 saturated heterocycles. The maximum atomic E-state index is 14.2. The Morgan fingerprint density at radius 3 is 2.53 bits per heavy atom. The van der Waals surface area contributed by atoms with E-state index in [2.05, 4.69) is 15.6 Å². The van der Waals surface area contributed by atoms with Crippen LogP contribution in [0.25, 0.3) is 10.9 Å². The van der Waals surface area contributed by atoms with Gasteiger partial charge in [-0.25, -0.2) is 4.39 Å². The summed E-state index contributed by atoms with van der Waals surface area (Å²) in [7, 11) is 3.05. The lowest BCUT2D eigenvalue weighted by Crippen LogP contribution is -2.39. The fourth-order valence-corrected chi connectivity index (χ4v) is 4.65.